The molecule has 0 radical (unpaired) electrons. The van der Waals surface area contributed by atoms with Gasteiger partial charge in [-0.05, 0) is 24.7 Å². The molecule has 0 aliphatic carbocycles. The lowest BCUT2D eigenvalue weighted by Gasteiger charge is -2.26. The molecule has 0 aliphatic heterocycles. The number of hydrogen-bond acceptors (Lipinski definition) is 7. The summed E-state index contributed by atoms with van der Waals surface area (Å²) >= 11 is 0. The van der Waals surface area contributed by atoms with Crippen LogP contribution in [0.25, 0.3) is 0 Å². The van der Waals surface area contributed by atoms with Crippen molar-refractivity contribution in [3.63, 3.8) is 0 Å². The van der Waals surface area contributed by atoms with Crippen LogP contribution in [0.15, 0.2) is 0 Å². The second-order valence-corrected chi connectivity index (χ2v) is 8.04. The molecule has 4 atom stereocenters. The molecule has 3 amide bonds. The second kappa shape index (κ2) is 13.5. The summed E-state index contributed by atoms with van der Waals surface area (Å²) in [5.74, 6) is -5.26. The largest absolute Gasteiger partial charge is 0.481 e. The van der Waals surface area contributed by atoms with Crippen molar-refractivity contribution >= 4 is 29.7 Å². The molecule has 0 aliphatic rings. The molecule has 0 rings (SSSR count). The molecule has 31 heavy (non-hydrogen) atoms. The van der Waals surface area contributed by atoms with Crippen LogP contribution >= 0.6 is 0 Å². The summed E-state index contributed by atoms with van der Waals surface area (Å²) in [5.41, 5.74) is 5.42. The van der Waals surface area contributed by atoms with Crippen LogP contribution in [-0.4, -0.2) is 75.8 Å². The molecule has 0 spiro atoms. The first-order valence-electron chi connectivity index (χ1n) is 10.0. The van der Waals surface area contributed by atoms with E-state index < -0.39 is 72.8 Å². The molecule has 0 aromatic heterocycles. The fourth-order valence-corrected chi connectivity index (χ4v) is 2.64. The van der Waals surface area contributed by atoms with E-state index in [0.29, 0.717) is 0 Å². The van der Waals surface area contributed by atoms with Crippen molar-refractivity contribution in [1.82, 2.24) is 16.0 Å². The van der Waals surface area contributed by atoms with E-state index in [1.54, 1.807) is 27.7 Å². The molecule has 178 valence electrons. The Balaban J connectivity index is 5.51. The number of rotatable bonds is 14. The van der Waals surface area contributed by atoms with Gasteiger partial charge in [0.05, 0.1) is 6.61 Å². The van der Waals surface area contributed by atoms with Crippen LogP contribution in [0.1, 0.15) is 47.0 Å². The van der Waals surface area contributed by atoms with Gasteiger partial charge in [0.25, 0.3) is 0 Å². The fraction of sp³-hybridized carbons (Fsp3) is 0.737. The maximum absolute atomic E-state index is 12.7. The van der Waals surface area contributed by atoms with E-state index in [0.717, 1.165) is 0 Å². The summed E-state index contributed by atoms with van der Waals surface area (Å²) < 4.78 is 0. The van der Waals surface area contributed by atoms with Crippen molar-refractivity contribution < 1.29 is 39.3 Å². The van der Waals surface area contributed by atoms with Crippen molar-refractivity contribution in [2.45, 2.75) is 71.1 Å². The van der Waals surface area contributed by atoms with Crippen LogP contribution in [0, 0.1) is 11.8 Å². The lowest BCUT2D eigenvalue weighted by atomic mass is 10.00. The number of carbonyl (C=O) groups is 5. The zero-order valence-electron chi connectivity index (χ0n) is 18.3. The Kier molecular flexibility index (Phi) is 12.4. The lowest BCUT2D eigenvalue weighted by Crippen LogP contribution is -2.58. The third kappa shape index (κ3) is 10.7. The van der Waals surface area contributed by atoms with E-state index in [2.05, 4.69) is 16.0 Å². The number of aliphatic carboxylic acids is 2. The lowest BCUT2D eigenvalue weighted by molar-refractivity contribution is -0.143. The molecule has 0 saturated carbocycles. The zero-order chi connectivity index (χ0) is 24.3. The summed E-state index contributed by atoms with van der Waals surface area (Å²) in [6.45, 7) is 6.16. The predicted molar refractivity (Wildman–Crippen MR) is 110 cm³/mol. The fourth-order valence-electron chi connectivity index (χ4n) is 2.64. The van der Waals surface area contributed by atoms with Gasteiger partial charge in [-0.2, -0.15) is 0 Å². The molecule has 12 heteroatoms. The zero-order valence-corrected chi connectivity index (χ0v) is 18.3. The van der Waals surface area contributed by atoms with Crippen molar-refractivity contribution in [2.75, 3.05) is 6.61 Å². The number of amides is 3. The number of nitrogens with two attached hydrogens (primary N) is 1. The Labute approximate surface area is 180 Å². The van der Waals surface area contributed by atoms with Crippen molar-refractivity contribution in [2.24, 2.45) is 17.6 Å². The number of nitrogens with one attached hydrogen (secondary N) is 3. The van der Waals surface area contributed by atoms with E-state index >= 15 is 0 Å². The monoisotopic (exact) mass is 446 g/mol. The Hall–Kier alpha value is -2.73. The van der Waals surface area contributed by atoms with Crippen LogP contribution in [0.5, 0.6) is 0 Å². The summed E-state index contributed by atoms with van der Waals surface area (Å²) in [6.07, 6.45) is -0.537. The van der Waals surface area contributed by atoms with Gasteiger partial charge in [-0.15, -0.1) is 0 Å². The van der Waals surface area contributed by atoms with Crippen molar-refractivity contribution in [3.8, 4) is 0 Å². The number of aliphatic hydroxyl groups is 1. The molecular formula is C19H34N4O8. The number of carbonyl (C=O) groups excluding carboxylic acids is 3. The first-order chi connectivity index (χ1) is 14.3. The molecule has 12 nitrogen and oxygen atoms in total. The van der Waals surface area contributed by atoms with Crippen LogP contribution in [0.3, 0.4) is 0 Å². The van der Waals surface area contributed by atoms with Crippen molar-refractivity contribution in [3.05, 3.63) is 0 Å². The summed E-state index contributed by atoms with van der Waals surface area (Å²) in [7, 11) is 0. The molecule has 0 heterocycles. The molecular weight excluding hydrogens is 412 g/mol. The first-order valence-corrected chi connectivity index (χ1v) is 10.0. The number of carboxylic acids is 2. The highest BCUT2D eigenvalue weighted by Gasteiger charge is 2.31. The second-order valence-electron chi connectivity index (χ2n) is 8.04. The van der Waals surface area contributed by atoms with Gasteiger partial charge in [0.1, 0.15) is 24.2 Å². The summed E-state index contributed by atoms with van der Waals surface area (Å²) in [4.78, 5) is 59.6. The Morgan fingerprint density at radius 1 is 0.839 bits per heavy atom. The highest BCUT2D eigenvalue weighted by molar-refractivity contribution is 5.94. The minimum absolute atomic E-state index is 0.0479. The van der Waals surface area contributed by atoms with Crippen LogP contribution < -0.4 is 21.7 Å². The van der Waals surface area contributed by atoms with Gasteiger partial charge in [-0.1, -0.05) is 27.7 Å². The third-order valence-electron chi connectivity index (χ3n) is 4.38. The molecule has 4 unspecified atom stereocenters. The number of hydrogen-bond donors (Lipinski definition) is 7. The molecule has 0 saturated heterocycles. The van der Waals surface area contributed by atoms with E-state index in [4.69, 9.17) is 15.9 Å². The Morgan fingerprint density at radius 2 is 1.35 bits per heavy atom. The van der Waals surface area contributed by atoms with E-state index in [-0.39, 0.29) is 18.8 Å². The van der Waals surface area contributed by atoms with Crippen LogP contribution in [0.4, 0.5) is 0 Å². The van der Waals surface area contributed by atoms with E-state index in [1.807, 2.05) is 0 Å². The average molecular weight is 447 g/mol. The molecule has 8 N–H and O–H groups in total. The van der Waals surface area contributed by atoms with Gasteiger partial charge in [-0.25, -0.2) is 4.79 Å². The maximum atomic E-state index is 12.7. The quantitative estimate of drug-likeness (QED) is 0.164. The van der Waals surface area contributed by atoms with Gasteiger partial charge < -0.3 is 37.0 Å². The number of aliphatic hydroxyl groups excluding tert-OH is 1. The molecule has 0 aromatic rings. The van der Waals surface area contributed by atoms with E-state index in [9.17, 15) is 29.1 Å². The first kappa shape index (κ1) is 28.3. The van der Waals surface area contributed by atoms with Gasteiger partial charge in [-0.3, -0.25) is 19.2 Å². The molecule has 0 fully saturated rings. The molecule has 0 aromatic carbocycles. The van der Waals surface area contributed by atoms with Gasteiger partial charge >= 0.3 is 11.9 Å². The minimum atomic E-state index is -1.32. The Morgan fingerprint density at radius 3 is 1.77 bits per heavy atom. The van der Waals surface area contributed by atoms with Crippen LogP contribution in [0.2, 0.25) is 0 Å². The van der Waals surface area contributed by atoms with Gasteiger partial charge in [0, 0.05) is 6.42 Å². The van der Waals surface area contributed by atoms with Gasteiger partial charge in [0.2, 0.25) is 17.7 Å². The SMILES string of the molecule is CC(C)CC(NC(=O)C(CCC(=O)O)NC(=O)C(N)CO)C(=O)NC(C(=O)O)C(C)C. The van der Waals surface area contributed by atoms with Crippen LogP contribution in [-0.2, 0) is 24.0 Å². The number of carboxylic acid groups (broad SMARTS) is 2. The Bertz CT molecular complexity index is 653. The van der Waals surface area contributed by atoms with Gasteiger partial charge in [0.15, 0.2) is 0 Å². The topological polar surface area (TPSA) is 208 Å². The smallest absolute Gasteiger partial charge is 0.326 e. The normalized spacial score (nSPS) is 15.0. The minimum Gasteiger partial charge on any atom is -0.481 e. The van der Waals surface area contributed by atoms with Crippen molar-refractivity contribution in [1.29, 1.82) is 0 Å². The third-order valence-corrected chi connectivity index (χ3v) is 4.38. The van der Waals surface area contributed by atoms with E-state index in [1.165, 1.54) is 0 Å². The summed E-state index contributed by atoms with van der Waals surface area (Å²) in [5, 5.41) is 34.3. The predicted octanol–water partition coefficient (Wildman–Crippen LogP) is -1.59. The summed E-state index contributed by atoms with van der Waals surface area (Å²) in [6, 6.07) is -4.89. The average Bonchev–Trinajstić information content (AvgIpc) is 2.66. The maximum Gasteiger partial charge on any atom is 0.326 e. The molecule has 0 bridgehead atoms. The highest BCUT2D eigenvalue weighted by Crippen LogP contribution is 2.09. The standard InChI is InChI=1S/C19H34N4O8/c1-9(2)7-13(18(29)23-15(10(3)4)19(30)31)22-17(28)12(5-6-14(25)26)21-16(27)11(20)8-24/h9-13,15,24H,5-8,20H2,1-4H3,(H,21,27)(H,22,28)(H,23,29)(H,25,26)(H,30,31). The highest BCUT2D eigenvalue weighted by atomic mass is 16.4.